The molecule has 24 heavy (non-hydrogen) atoms. The summed E-state index contributed by atoms with van der Waals surface area (Å²) in [7, 11) is 0. The van der Waals surface area contributed by atoms with Crippen LogP contribution in [-0.4, -0.2) is 16.2 Å². The highest BCUT2D eigenvalue weighted by molar-refractivity contribution is 5.96. The van der Waals surface area contributed by atoms with Crippen LogP contribution in [0, 0.1) is 11.6 Å². The van der Waals surface area contributed by atoms with Crippen LogP contribution in [0.1, 0.15) is 10.4 Å². The molecule has 0 unspecified atom stereocenters. The van der Waals surface area contributed by atoms with Crippen molar-refractivity contribution in [1.82, 2.24) is 0 Å². The van der Waals surface area contributed by atoms with E-state index in [1.165, 1.54) is 54.6 Å². The van der Waals surface area contributed by atoms with Gasteiger partial charge < -0.3 is 10.2 Å². The number of halogens is 2. The van der Waals surface area contributed by atoms with Gasteiger partial charge in [-0.3, -0.25) is 0 Å². The summed E-state index contributed by atoms with van der Waals surface area (Å²) in [5, 5.41) is 19.6. The van der Waals surface area contributed by atoms with Crippen molar-refractivity contribution >= 4 is 5.97 Å². The fourth-order valence-electron chi connectivity index (χ4n) is 2.46. The molecule has 3 rings (SSSR count). The maximum Gasteiger partial charge on any atom is 0.339 e. The van der Waals surface area contributed by atoms with Crippen molar-refractivity contribution in [3.63, 3.8) is 0 Å². The van der Waals surface area contributed by atoms with Gasteiger partial charge in [-0.1, -0.05) is 24.3 Å². The molecule has 0 saturated carbocycles. The van der Waals surface area contributed by atoms with Crippen LogP contribution in [0.3, 0.4) is 0 Å². The first-order valence-electron chi connectivity index (χ1n) is 7.08. The van der Waals surface area contributed by atoms with Crippen molar-refractivity contribution in [2.45, 2.75) is 0 Å². The summed E-state index contributed by atoms with van der Waals surface area (Å²) in [5.74, 6) is -2.54. The Hall–Kier alpha value is -3.21. The number of hydrogen-bond donors (Lipinski definition) is 2. The smallest absolute Gasteiger partial charge is 0.339 e. The average molecular weight is 326 g/mol. The first-order valence-corrected chi connectivity index (χ1v) is 7.08. The number of benzene rings is 3. The normalized spacial score (nSPS) is 10.6. The Morgan fingerprint density at radius 3 is 1.75 bits per heavy atom. The van der Waals surface area contributed by atoms with Crippen molar-refractivity contribution < 1.29 is 23.8 Å². The number of hydrogen-bond acceptors (Lipinski definition) is 2. The van der Waals surface area contributed by atoms with E-state index in [-0.39, 0.29) is 11.1 Å². The van der Waals surface area contributed by atoms with Gasteiger partial charge in [0.1, 0.15) is 22.9 Å². The van der Waals surface area contributed by atoms with E-state index < -0.39 is 23.4 Å². The van der Waals surface area contributed by atoms with Gasteiger partial charge in [0.2, 0.25) is 0 Å². The van der Waals surface area contributed by atoms with Gasteiger partial charge in [-0.2, -0.15) is 0 Å². The first-order chi connectivity index (χ1) is 11.5. The van der Waals surface area contributed by atoms with E-state index in [1.807, 2.05) is 0 Å². The molecule has 0 spiro atoms. The maximum atomic E-state index is 13.1. The number of rotatable bonds is 3. The zero-order valence-corrected chi connectivity index (χ0v) is 12.3. The zero-order chi connectivity index (χ0) is 17.3. The molecule has 120 valence electrons. The predicted molar refractivity (Wildman–Crippen MR) is 85.9 cm³/mol. The second kappa shape index (κ2) is 6.12. The second-order valence-corrected chi connectivity index (χ2v) is 5.24. The van der Waals surface area contributed by atoms with E-state index in [1.54, 1.807) is 6.07 Å². The Morgan fingerprint density at radius 2 is 1.25 bits per heavy atom. The molecule has 0 aliphatic carbocycles. The molecule has 3 aromatic rings. The summed E-state index contributed by atoms with van der Waals surface area (Å²) in [6, 6.07) is 13.8. The molecule has 3 aromatic carbocycles. The van der Waals surface area contributed by atoms with Crippen LogP contribution in [0.5, 0.6) is 5.75 Å². The molecule has 0 aliphatic rings. The summed E-state index contributed by atoms with van der Waals surface area (Å²) in [5.41, 5.74) is 1.55. The van der Waals surface area contributed by atoms with Crippen LogP contribution >= 0.6 is 0 Å². The monoisotopic (exact) mass is 326 g/mol. The number of phenols is 1. The van der Waals surface area contributed by atoms with Gasteiger partial charge in [0.15, 0.2) is 0 Å². The number of carbonyl (C=O) groups is 1. The van der Waals surface area contributed by atoms with Crippen molar-refractivity contribution in [3.05, 3.63) is 77.9 Å². The van der Waals surface area contributed by atoms with Gasteiger partial charge in [-0.05, 0) is 53.1 Å². The van der Waals surface area contributed by atoms with Crippen molar-refractivity contribution in [3.8, 4) is 28.0 Å². The minimum Gasteiger partial charge on any atom is -0.506 e. The third-order valence-corrected chi connectivity index (χ3v) is 3.67. The number of carboxylic acids is 1. The van der Waals surface area contributed by atoms with Gasteiger partial charge in [0, 0.05) is 5.56 Å². The standard InChI is InChI=1S/C19H12F2O3/c20-14-5-1-11(2-6-14)13-9-16(12-3-7-15(21)8-4-12)18(22)17(10-13)19(23)24/h1-10,22H,(H,23,24). The van der Waals surface area contributed by atoms with E-state index >= 15 is 0 Å². The highest BCUT2D eigenvalue weighted by atomic mass is 19.1. The van der Waals surface area contributed by atoms with Gasteiger partial charge in [0.25, 0.3) is 0 Å². The molecule has 0 fully saturated rings. The van der Waals surface area contributed by atoms with Crippen molar-refractivity contribution in [2.24, 2.45) is 0 Å². The van der Waals surface area contributed by atoms with Crippen LogP contribution in [0.25, 0.3) is 22.3 Å². The van der Waals surface area contributed by atoms with Crippen LogP contribution in [0.4, 0.5) is 8.78 Å². The molecule has 0 radical (unpaired) electrons. The molecular weight excluding hydrogens is 314 g/mol. The van der Waals surface area contributed by atoms with Gasteiger partial charge in [-0.15, -0.1) is 0 Å². The molecule has 0 saturated heterocycles. The van der Waals surface area contributed by atoms with Crippen LogP contribution in [0.2, 0.25) is 0 Å². The van der Waals surface area contributed by atoms with Gasteiger partial charge in [0.05, 0.1) is 0 Å². The molecule has 2 N–H and O–H groups in total. The predicted octanol–water partition coefficient (Wildman–Crippen LogP) is 4.70. The fraction of sp³-hybridized carbons (Fsp3) is 0. The average Bonchev–Trinajstić information content (AvgIpc) is 2.56. The molecule has 0 aliphatic heterocycles. The summed E-state index contributed by atoms with van der Waals surface area (Å²) >= 11 is 0. The minimum absolute atomic E-state index is 0.259. The van der Waals surface area contributed by atoms with Crippen molar-refractivity contribution in [2.75, 3.05) is 0 Å². The highest BCUT2D eigenvalue weighted by Crippen LogP contribution is 2.37. The van der Waals surface area contributed by atoms with E-state index in [4.69, 9.17) is 0 Å². The van der Waals surface area contributed by atoms with Crippen LogP contribution in [-0.2, 0) is 0 Å². The quantitative estimate of drug-likeness (QED) is 0.733. The molecular formula is C19H12F2O3. The lowest BCUT2D eigenvalue weighted by atomic mass is 9.95. The lowest BCUT2D eigenvalue weighted by Gasteiger charge is -2.12. The second-order valence-electron chi connectivity index (χ2n) is 5.24. The lowest BCUT2D eigenvalue weighted by molar-refractivity contribution is 0.0694. The zero-order valence-electron chi connectivity index (χ0n) is 12.3. The van der Waals surface area contributed by atoms with Crippen LogP contribution < -0.4 is 0 Å². The van der Waals surface area contributed by atoms with E-state index in [0.717, 1.165) is 0 Å². The largest absolute Gasteiger partial charge is 0.506 e. The van der Waals surface area contributed by atoms with Crippen LogP contribution in [0.15, 0.2) is 60.7 Å². The molecule has 0 aromatic heterocycles. The summed E-state index contributed by atoms with van der Waals surface area (Å²) in [6.07, 6.45) is 0. The Bertz CT molecular complexity index is 901. The van der Waals surface area contributed by atoms with E-state index in [9.17, 15) is 23.8 Å². The Kier molecular flexibility index (Phi) is 4.00. The fourth-order valence-corrected chi connectivity index (χ4v) is 2.46. The SMILES string of the molecule is O=C(O)c1cc(-c2ccc(F)cc2)cc(-c2ccc(F)cc2)c1O. The Morgan fingerprint density at radius 1 is 0.750 bits per heavy atom. The molecule has 5 heteroatoms. The Balaban J connectivity index is 2.22. The van der Waals surface area contributed by atoms with E-state index in [2.05, 4.69) is 0 Å². The number of aromatic hydroxyl groups is 1. The topological polar surface area (TPSA) is 57.5 Å². The first kappa shape index (κ1) is 15.7. The molecule has 0 amide bonds. The number of carboxylic acid groups (broad SMARTS) is 1. The number of aromatic carboxylic acids is 1. The summed E-state index contributed by atoms with van der Waals surface area (Å²) in [4.78, 5) is 11.4. The highest BCUT2D eigenvalue weighted by Gasteiger charge is 2.17. The third kappa shape index (κ3) is 2.96. The minimum atomic E-state index is -1.29. The van der Waals surface area contributed by atoms with Gasteiger partial charge >= 0.3 is 5.97 Å². The van der Waals surface area contributed by atoms with E-state index in [0.29, 0.717) is 16.7 Å². The lowest BCUT2D eigenvalue weighted by Crippen LogP contribution is -1.99. The molecule has 0 bridgehead atoms. The molecule has 0 heterocycles. The van der Waals surface area contributed by atoms with Crippen molar-refractivity contribution in [1.29, 1.82) is 0 Å². The molecule has 0 atom stereocenters. The third-order valence-electron chi connectivity index (χ3n) is 3.67. The van der Waals surface area contributed by atoms with Gasteiger partial charge in [-0.25, -0.2) is 13.6 Å². The maximum absolute atomic E-state index is 13.1. The Labute approximate surface area is 136 Å². The molecule has 3 nitrogen and oxygen atoms in total. The summed E-state index contributed by atoms with van der Waals surface area (Å²) in [6.45, 7) is 0. The summed E-state index contributed by atoms with van der Waals surface area (Å²) < 4.78 is 26.2.